The molecule has 5 nitrogen and oxygen atoms in total. The zero-order chi connectivity index (χ0) is 13.9. The van der Waals surface area contributed by atoms with Gasteiger partial charge in [0.05, 0.1) is 0 Å². The molecule has 102 valence electrons. The summed E-state index contributed by atoms with van der Waals surface area (Å²) in [4.78, 5) is 29.8. The highest BCUT2D eigenvalue weighted by atomic mass is 16.2. The minimum atomic E-state index is -0.689. The van der Waals surface area contributed by atoms with Crippen molar-refractivity contribution < 1.29 is 9.59 Å². The van der Waals surface area contributed by atoms with Crippen molar-refractivity contribution in [3.63, 3.8) is 0 Å². The SMILES string of the molecule is CCC1(CC)C(=O)NC(=O)N1CCc1ccccn1. The molecule has 0 unspecified atom stereocenters. The molecule has 1 saturated heterocycles. The van der Waals surface area contributed by atoms with Crippen molar-refractivity contribution >= 4 is 11.9 Å². The van der Waals surface area contributed by atoms with E-state index in [9.17, 15) is 9.59 Å². The average Bonchev–Trinajstić information content (AvgIpc) is 2.68. The molecule has 2 heterocycles. The van der Waals surface area contributed by atoms with Crippen LogP contribution in [0.15, 0.2) is 24.4 Å². The van der Waals surface area contributed by atoms with Crippen LogP contribution < -0.4 is 5.32 Å². The maximum Gasteiger partial charge on any atom is 0.325 e. The number of hydrogen-bond acceptors (Lipinski definition) is 3. The number of pyridine rings is 1. The number of carbonyl (C=O) groups is 2. The largest absolute Gasteiger partial charge is 0.325 e. The van der Waals surface area contributed by atoms with E-state index in [1.54, 1.807) is 11.1 Å². The summed E-state index contributed by atoms with van der Waals surface area (Å²) in [5.41, 5.74) is 0.238. The van der Waals surface area contributed by atoms with Crippen molar-refractivity contribution in [2.75, 3.05) is 6.54 Å². The molecular formula is C14H19N3O2. The normalized spacial score (nSPS) is 17.7. The van der Waals surface area contributed by atoms with E-state index in [0.717, 1.165) is 5.69 Å². The molecule has 0 radical (unpaired) electrons. The summed E-state index contributed by atoms with van der Waals surface area (Å²) < 4.78 is 0. The van der Waals surface area contributed by atoms with Crippen LogP contribution in [0.5, 0.6) is 0 Å². The number of hydrogen-bond donors (Lipinski definition) is 1. The number of imide groups is 1. The standard InChI is InChI=1S/C14H19N3O2/c1-3-14(4-2)12(18)16-13(19)17(14)10-8-11-7-5-6-9-15-11/h5-7,9H,3-4,8,10H2,1-2H3,(H,16,18,19). The maximum absolute atomic E-state index is 12.0. The monoisotopic (exact) mass is 261 g/mol. The minimum Gasteiger partial charge on any atom is -0.309 e. The van der Waals surface area contributed by atoms with Gasteiger partial charge in [0.25, 0.3) is 5.91 Å². The first-order valence-corrected chi connectivity index (χ1v) is 6.67. The summed E-state index contributed by atoms with van der Waals surface area (Å²) in [6, 6.07) is 5.42. The van der Waals surface area contributed by atoms with E-state index in [1.807, 2.05) is 32.0 Å². The summed E-state index contributed by atoms with van der Waals surface area (Å²) in [6.45, 7) is 4.39. The van der Waals surface area contributed by atoms with Gasteiger partial charge in [-0.25, -0.2) is 4.79 Å². The van der Waals surface area contributed by atoms with E-state index >= 15 is 0 Å². The van der Waals surface area contributed by atoms with Crippen molar-refractivity contribution in [2.24, 2.45) is 0 Å². The Morgan fingerprint density at radius 2 is 2.00 bits per heavy atom. The van der Waals surface area contributed by atoms with E-state index in [1.165, 1.54) is 0 Å². The zero-order valence-corrected chi connectivity index (χ0v) is 11.3. The maximum atomic E-state index is 12.0. The van der Waals surface area contributed by atoms with Crippen molar-refractivity contribution in [1.29, 1.82) is 0 Å². The topological polar surface area (TPSA) is 62.3 Å². The van der Waals surface area contributed by atoms with Crippen LogP contribution in [0.2, 0.25) is 0 Å². The Bertz CT molecular complexity index is 469. The summed E-state index contributed by atoms with van der Waals surface area (Å²) >= 11 is 0. The molecule has 0 bridgehead atoms. The summed E-state index contributed by atoms with van der Waals surface area (Å²) in [5, 5.41) is 2.42. The van der Waals surface area contributed by atoms with E-state index in [0.29, 0.717) is 25.8 Å². The van der Waals surface area contributed by atoms with Gasteiger partial charge in [0.1, 0.15) is 5.54 Å². The number of amides is 3. The van der Waals surface area contributed by atoms with Gasteiger partial charge in [0, 0.05) is 24.9 Å². The first-order chi connectivity index (χ1) is 9.14. The van der Waals surface area contributed by atoms with Gasteiger partial charge in [-0.15, -0.1) is 0 Å². The van der Waals surface area contributed by atoms with E-state index in [2.05, 4.69) is 10.3 Å². The van der Waals surface area contributed by atoms with E-state index in [-0.39, 0.29) is 11.9 Å². The van der Waals surface area contributed by atoms with Crippen LogP contribution >= 0.6 is 0 Å². The molecule has 1 N–H and O–H groups in total. The smallest absolute Gasteiger partial charge is 0.309 e. The molecule has 1 aromatic heterocycles. The van der Waals surface area contributed by atoms with E-state index in [4.69, 9.17) is 0 Å². The van der Waals surface area contributed by atoms with Gasteiger partial charge in [-0.05, 0) is 25.0 Å². The van der Waals surface area contributed by atoms with Crippen LogP contribution in [0.1, 0.15) is 32.4 Å². The minimum absolute atomic E-state index is 0.177. The number of nitrogens with one attached hydrogen (secondary N) is 1. The predicted octanol–water partition coefficient (Wildman–Crippen LogP) is 1.73. The molecule has 19 heavy (non-hydrogen) atoms. The van der Waals surface area contributed by atoms with Gasteiger partial charge < -0.3 is 4.90 Å². The van der Waals surface area contributed by atoms with Crippen molar-refractivity contribution in [3.8, 4) is 0 Å². The third kappa shape index (κ3) is 2.32. The number of rotatable bonds is 5. The third-order valence-corrected chi connectivity index (χ3v) is 3.89. The second kappa shape index (κ2) is 5.38. The quantitative estimate of drug-likeness (QED) is 0.821. The molecule has 3 amide bonds. The fourth-order valence-electron chi connectivity index (χ4n) is 2.64. The molecule has 0 saturated carbocycles. The number of aromatic nitrogens is 1. The van der Waals surface area contributed by atoms with Gasteiger partial charge in [0.15, 0.2) is 0 Å². The predicted molar refractivity (Wildman–Crippen MR) is 71.5 cm³/mol. The molecule has 0 aliphatic carbocycles. The second-order valence-electron chi connectivity index (χ2n) is 4.72. The highest BCUT2D eigenvalue weighted by molar-refractivity contribution is 6.06. The first kappa shape index (κ1) is 13.5. The Morgan fingerprint density at radius 3 is 2.58 bits per heavy atom. The Hall–Kier alpha value is -1.91. The van der Waals surface area contributed by atoms with Gasteiger partial charge in [-0.1, -0.05) is 19.9 Å². The lowest BCUT2D eigenvalue weighted by Crippen LogP contribution is -2.49. The molecule has 1 aromatic rings. The number of carbonyl (C=O) groups excluding carboxylic acids is 2. The average molecular weight is 261 g/mol. The second-order valence-corrected chi connectivity index (χ2v) is 4.72. The summed E-state index contributed by atoms with van der Waals surface area (Å²) in [5.74, 6) is -0.177. The van der Waals surface area contributed by atoms with Crippen LogP contribution in [0.25, 0.3) is 0 Å². The summed E-state index contributed by atoms with van der Waals surface area (Å²) in [7, 11) is 0. The third-order valence-electron chi connectivity index (χ3n) is 3.89. The lowest BCUT2D eigenvalue weighted by Gasteiger charge is -2.33. The summed E-state index contributed by atoms with van der Waals surface area (Å²) in [6.07, 6.45) is 3.65. The highest BCUT2D eigenvalue weighted by Gasteiger charge is 2.49. The van der Waals surface area contributed by atoms with Gasteiger partial charge in [-0.2, -0.15) is 0 Å². The molecule has 1 aliphatic rings. The first-order valence-electron chi connectivity index (χ1n) is 6.67. The van der Waals surface area contributed by atoms with Crippen LogP contribution in [-0.4, -0.2) is 33.9 Å². The Balaban J connectivity index is 2.13. The molecule has 1 aliphatic heterocycles. The molecular weight excluding hydrogens is 242 g/mol. The fourth-order valence-corrected chi connectivity index (χ4v) is 2.64. The lowest BCUT2D eigenvalue weighted by atomic mass is 9.91. The molecule has 5 heteroatoms. The molecule has 0 atom stereocenters. The molecule has 2 rings (SSSR count). The molecule has 0 spiro atoms. The van der Waals surface area contributed by atoms with Gasteiger partial charge in [0.2, 0.25) is 0 Å². The van der Waals surface area contributed by atoms with Gasteiger partial charge >= 0.3 is 6.03 Å². The van der Waals surface area contributed by atoms with Crippen LogP contribution in [-0.2, 0) is 11.2 Å². The molecule has 0 aromatic carbocycles. The number of nitrogens with zero attached hydrogens (tertiary/aromatic N) is 2. The Labute approximate surface area is 113 Å². The van der Waals surface area contributed by atoms with Crippen molar-refractivity contribution in [3.05, 3.63) is 30.1 Å². The molecule has 1 fully saturated rings. The van der Waals surface area contributed by atoms with Crippen molar-refractivity contribution in [2.45, 2.75) is 38.6 Å². The van der Waals surface area contributed by atoms with Crippen LogP contribution in [0.4, 0.5) is 4.79 Å². The van der Waals surface area contributed by atoms with Crippen LogP contribution in [0, 0.1) is 0 Å². The van der Waals surface area contributed by atoms with E-state index < -0.39 is 5.54 Å². The lowest BCUT2D eigenvalue weighted by molar-refractivity contribution is -0.127. The Morgan fingerprint density at radius 1 is 1.26 bits per heavy atom. The van der Waals surface area contributed by atoms with Crippen LogP contribution in [0.3, 0.4) is 0 Å². The number of urea groups is 1. The zero-order valence-electron chi connectivity index (χ0n) is 11.3. The fraction of sp³-hybridized carbons (Fsp3) is 0.500. The van der Waals surface area contributed by atoms with Gasteiger partial charge in [-0.3, -0.25) is 15.1 Å². The Kier molecular flexibility index (Phi) is 3.83. The highest BCUT2D eigenvalue weighted by Crippen LogP contribution is 2.29. The van der Waals surface area contributed by atoms with Crippen molar-refractivity contribution in [1.82, 2.24) is 15.2 Å².